The van der Waals surface area contributed by atoms with Crippen LogP contribution in [0.15, 0.2) is 551 Å². The first-order valence-corrected chi connectivity index (χ1v) is 47.2. The molecule has 26 aromatic carbocycles. The van der Waals surface area contributed by atoms with Gasteiger partial charge in [-0.15, -0.1) is 0 Å². The second-order valence-electron chi connectivity index (χ2n) is 35.1. The maximum absolute atomic E-state index is 9.11. The van der Waals surface area contributed by atoms with Crippen molar-refractivity contribution in [2.24, 2.45) is 0 Å². The maximum Gasteiger partial charge on any atom is 0.143 e. The third-order valence-electron chi connectivity index (χ3n) is 27.4. The Balaban J connectivity index is 0.000000108. The topological polar surface area (TPSA) is 52.6 Å². The van der Waals surface area contributed by atoms with Crippen molar-refractivity contribution in [1.29, 1.82) is 0 Å². The Morgan fingerprint density at radius 1 is 0.118 bits per heavy atom. The molecule has 0 fully saturated rings. The van der Waals surface area contributed by atoms with Crippen LogP contribution in [0.1, 0.15) is 35.6 Å². The van der Waals surface area contributed by atoms with Gasteiger partial charge in [0.1, 0.15) is 44.7 Å². The molecule has 0 saturated carbocycles. The Morgan fingerprint density at radius 2 is 0.340 bits per heavy atom. The van der Waals surface area contributed by atoms with E-state index in [1.807, 2.05) is 273 Å². The number of benzene rings is 26. The molecular weight excluding hydrogens is 1750 g/mol. The van der Waals surface area contributed by atoms with Crippen LogP contribution >= 0.6 is 0 Å². The van der Waals surface area contributed by atoms with Crippen LogP contribution in [-0.2, 0) is 0 Å². The van der Waals surface area contributed by atoms with E-state index in [-0.39, 0.29) is 125 Å². The second-order valence-corrected chi connectivity index (χ2v) is 35.1. The molecule has 0 unspecified atom stereocenters. The van der Waals surface area contributed by atoms with Crippen LogP contribution in [0.25, 0.3) is 285 Å². The van der Waals surface area contributed by atoms with Gasteiger partial charge in [0.15, 0.2) is 0 Å². The van der Waals surface area contributed by atoms with Crippen LogP contribution in [0, 0.1) is 0 Å². The zero-order chi connectivity index (χ0) is 118. The van der Waals surface area contributed by atoms with E-state index in [0.29, 0.717) is 110 Å². The summed E-state index contributed by atoms with van der Waals surface area (Å²) >= 11 is 0. The molecule has 0 aliphatic rings. The van der Waals surface area contributed by atoms with Gasteiger partial charge in [0.05, 0.1) is 35.6 Å². The van der Waals surface area contributed by atoms with Crippen LogP contribution in [0.4, 0.5) is 0 Å². The van der Waals surface area contributed by atoms with Crippen LogP contribution in [0.2, 0.25) is 0 Å². The Morgan fingerprint density at radius 3 is 0.660 bits per heavy atom. The average Bonchev–Trinajstić information content (AvgIpc) is 1.39. The van der Waals surface area contributed by atoms with Gasteiger partial charge >= 0.3 is 0 Å². The molecule has 0 amide bonds. The van der Waals surface area contributed by atoms with E-state index in [9.17, 15) is 0 Å². The molecule has 0 aliphatic carbocycles. The third-order valence-corrected chi connectivity index (χ3v) is 27.4. The number of fused-ring (bicyclic) bond motifs is 20. The van der Waals surface area contributed by atoms with E-state index in [1.165, 1.54) is 0 Å². The van der Waals surface area contributed by atoms with Crippen molar-refractivity contribution in [3.05, 3.63) is 533 Å². The van der Waals surface area contributed by atoms with Gasteiger partial charge in [0, 0.05) is 54.2 Å². The highest BCUT2D eigenvalue weighted by Gasteiger charge is 2.28. The number of furan rings is 4. The largest absolute Gasteiger partial charge is 0.456 e. The van der Waals surface area contributed by atoms with Gasteiger partial charge < -0.3 is 17.7 Å². The molecular formula is C140H88O4. The molecule has 0 bridgehead atoms. The van der Waals surface area contributed by atoms with Crippen molar-refractivity contribution >= 4 is 174 Å². The first-order chi connectivity index (χ1) is 82.3. The molecule has 144 heavy (non-hydrogen) atoms. The maximum atomic E-state index is 9.11. The molecule has 0 atom stereocenters. The van der Waals surface area contributed by atoms with E-state index < -0.39 is 60.4 Å². The van der Waals surface area contributed by atoms with E-state index >= 15 is 0 Å². The van der Waals surface area contributed by atoms with Gasteiger partial charge in [-0.2, -0.15) is 0 Å². The Bertz CT molecular complexity index is 11700. The fourth-order valence-corrected chi connectivity index (χ4v) is 21.6. The van der Waals surface area contributed by atoms with E-state index in [1.54, 1.807) is 18.2 Å². The SMILES string of the molecule is [2H]c1c([2H])c(-c2c3ccccc3c(-c3ccccc3)c3ccccc23)c2c(oc3ccccc32)c1[2H].[2H]c1c([2H])c([2H])c(-c2c3ccccc3c(-c3c([2H])c([2H])c([2H])c4oc5ccccc5c34)c3ccccc23)c([2H])c1[2H].[2H]c1c([2H])c([2H])c(-c2c3ccccc3c(-c3cccc4oc5c(-c6c([2H])c([2H])c([2H])c([2H])c6[2H])cccc5c34)c3ccccc23)c([2H])c1[2H].[2H]c1c([2H])c([2H])c(-c2c3ccccc3c(-c3cccc4oc5c(-c6ccccc6)cccc5c34)c3ccccc23)c([2H])c1[2H]. The summed E-state index contributed by atoms with van der Waals surface area (Å²) in [4.78, 5) is 0. The molecule has 0 aliphatic heterocycles. The fraction of sp³-hybridized carbons (Fsp3) is 0. The zero-order valence-electron chi connectivity index (χ0n) is 102. The first-order valence-electron chi connectivity index (χ1n) is 60.2. The first kappa shape index (κ1) is 61.3. The number of rotatable bonds is 10. The smallest absolute Gasteiger partial charge is 0.143 e. The second kappa shape index (κ2) is 35.8. The van der Waals surface area contributed by atoms with Crippen molar-refractivity contribution in [3.8, 4) is 111 Å². The highest BCUT2D eigenvalue weighted by atomic mass is 16.3. The molecule has 30 rings (SSSR count). The van der Waals surface area contributed by atoms with E-state index in [0.717, 1.165) is 147 Å². The lowest BCUT2D eigenvalue weighted by Gasteiger charge is -2.18. The molecule has 0 spiro atoms. The lowest BCUT2D eigenvalue weighted by Crippen LogP contribution is -1.91. The normalized spacial score (nSPS) is 14.1. The van der Waals surface area contributed by atoms with E-state index in [4.69, 9.17) is 53.3 Å². The standard InChI is InChI=1S/2C38H24O.2C32H20O/c2*1-3-13-25(14-4-1)27-21-11-23-33-37-32(22-12-24-34(37)39-38(27)33)36-30-19-9-7-17-28(30)35(26-15-5-2-6-16-26)29-18-8-10-20-31(29)36;2*1-2-11-21(12-3-1)30-22-13-4-6-15-24(22)31(25-16-7-5-14-23(25)30)27-18-10-20-29-32(27)26-17-8-9-19-28(26)33-29/h2*1-24H;2*1-20H/i1D,2D,3D,4D,5D,6D,13D,14D,15D,16D;2D,5D,6D,15D,16D;1D,2D,3D,10D,11D,12D,18D,20D;10D,18D,20D. The Hall–Kier alpha value is -19.0. The molecule has 0 radical (unpaired) electrons. The van der Waals surface area contributed by atoms with Crippen molar-refractivity contribution in [3.63, 3.8) is 0 Å². The lowest BCUT2D eigenvalue weighted by atomic mass is 9.85. The van der Waals surface area contributed by atoms with Crippen molar-refractivity contribution in [2.75, 3.05) is 0 Å². The van der Waals surface area contributed by atoms with E-state index in [2.05, 4.69) is 84.9 Å². The summed E-state index contributed by atoms with van der Waals surface area (Å²) in [6.45, 7) is 0. The summed E-state index contributed by atoms with van der Waals surface area (Å²) in [5.74, 6) is 0. The summed E-state index contributed by atoms with van der Waals surface area (Å²) in [6.07, 6.45) is 0. The van der Waals surface area contributed by atoms with Crippen molar-refractivity contribution in [2.45, 2.75) is 0 Å². The molecule has 30 aromatic rings. The van der Waals surface area contributed by atoms with Crippen molar-refractivity contribution < 1.29 is 53.3 Å². The molecule has 4 nitrogen and oxygen atoms in total. The minimum atomic E-state index is -0.469. The van der Waals surface area contributed by atoms with Crippen LogP contribution in [-0.4, -0.2) is 0 Å². The summed E-state index contributed by atoms with van der Waals surface area (Å²) in [5, 5.41) is 19.7. The van der Waals surface area contributed by atoms with Crippen LogP contribution in [0.3, 0.4) is 0 Å². The average molecular weight is 1860 g/mol. The third kappa shape index (κ3) is 14.2. The number of hydrogen-bond donors (Lipinski definition) is 0. The molecule has 4 heteroatoms. The minimum absolute atomic E-state index is 0.0434. The Kier molecular flexibility index (Phi) is 15.2. The molecule has 4 aromatic heterocycles. The van der Waals surface area contributed by atoms with Gasteiger partial charge in [0.2, 0.25) is 0 Å². The van der Waals surface area contributed by atoms with Gasteiger partial charge in [-0.25, -0.2) is 0 Å². The monoisotopic (exact) mass is 1860 g/mol. The lowest BCUT2D eigenvalue weighted by molar-refractivity contribution is 0.668. The zero-order valence-corrected chi connectivity index (χ0v) is 76.4. The summed E-state index contributed by atoms with van der Waals surface area (Å²) in [5.41, 5.74) is 17.5. The highest BCUT2D eigenvalue weighted by molar-refractivity contribution is 6.32. The molecule has 0 saturated heterocycles. The van der Waals surface area contributed by atoms with Crippen molar-refractivity contribution in [1.82, 2.24) is 0 Å². The molecule has 4 heterocycles. The van der Waals surface area contributed by atoms with Gasteiger partial charge in [0.25, 0.3) is 0 Å². The fourth-order valence-electron chi connectivity index (χ4n) is 21.6. The predicted molar refractivity (Wildman–Crippen MR) is 609 cm³/mol. The minimum Gasteiger partial charge on any atom is -0.456 e. The van der Waals surface area contributed by atoms with Gasteiger partial charge in [-0.3, -0.25) is 0 Å². The quantitative estimate of drug-likeness (QED) is 0.128. The Labute approximate surface area is 867 Å². The number of hydrogen-bond acceptors (Lipinski definition) is 4. The molecule has 672 valence electrons. The summed E-state index contributed by atoms with van der Waals surface area (Å²) < 4.78 is 247. The van der Waals surface area contributed by atoms with Crippen LogP contribution in [0.5, 0.6) is 0 Å². The highest BCUT2D eigenvalue weighted by Crippen LogP contribution is 2.54. The summed E-state index contributed by atoms with van der Waals surface area (Å²) in [6, 6.07) is 114. The molecule has 0 N–H and O–H groups in total. The summed E-state index contributed by atoms with van der Waals surface area (Å²) in [7, 11) is 0. The van der Waals surface area contributed by atoms with Crippen LogP contribution < -0.4 is 0 Å². The van der Waals surface area contributed by atoms with Gasteiger partial charge in [-0.05, 0) is 223 Å². The van der Waals surface area contributed by atoms with Gasteiger partial charge in [-0.1, -0.05) is 497 Å². The predicted octanol–water partition coefficient (Wildman–Crippen LogP) is 40.2. The number of para-hydroxylation sites is 4.